The fourth-order valence-corrected chi connectivity index (χ4v) is 2.74. The van der Waals surface area contributed by atoms with Crippen LogP contribution in [-0.2, 0) is 16.1 Å². The van der Waals surface area contributed by atoms with Crippen molar-refractivity contribution in [3.05, 3.63) is 35.4 Å². The second-order valence-electron chi connectivity index (χ2n) is 4.82. The summed E-state index contributed by atoms with van der Waals surface area (Å²) in [6.07, 6.45) is 1.58. The van der Waals surface area contributed by atoms with Gasteiger partial charge in [0.1, 0.15) is 6.10 Å². The van der Waals surface area contributed by atoms with Crippen molar-refractivity contribution in [1.29, 1.82) is 0 Å². The first-order chi connectivity index (χ1) is 8.36. The van der Waals surface area contributed by atoms with Gasteiger partial charge in [0.2, 0.25) is 0 Å². The zero-order chi connectivity index (χ0) is 11.7. The number of rotatable bonds is 2. The van der Waals surface area contributed by atoms with Gasteiger partial charge in [-0.05, 0) is 37.1 Å². The molecule has 2 aliphatic rings. The number of benzene rings is 1. The first-order valence-electron chi connectivity index (χ1n) is 6.30. The molecule has 3 nitrogen and oxygen atoms in total. The Labute approximate surface area is 101 Å². The van der Waals surface area contributed by atoms with Crippen molar-refractivity contribution >= 4 is 5.78 Å². The lowest BCUT2D eigenvalue weighted by Crippen LogP contribution is -2.34. The third-order valence-electron chi connectivity index (χ3n) is 3.74. The van der Waals surface area contributed by atoms with Crippen molar-refractivity contribution in [2.45, 2.75) is 25.6 Å². The Morgan fingerprint density at radius 2 is 2.00 bits per heavy atom. The van der Waals surface area contributed by atoms with Crippen LogP contribution in [0.5, 0.6) is 0 Å². The third kappa shape index (κ3) is 2.01. The summed E-state index contributed by atoms with van der Waals surface area (Å²) < 4.78 is 5.67. The van der Waals surface area contributed by atoms with Gasteiger partial charge in [0.25, 0.3) is 0 Å². The normalized spacial score (nSPS) is 24.6. The molecule has 0 aliphatic carbocycles. The third-order valence-corrected chi connectivity index (χ3v) is 3.74. The molecular formula is C14H17NO2. The number of Topliss-reactive ketones (excluding diaryl/α,β-unsaturated/α-hetero) is 1. The van der Waals surface area contributed by atoms with E-state index in [1.807, 2.05) is 24.3 Å². The summed E-state index contributed by atoms with van der Waals surface area (Å²) in [7, 11) is 0. The van der Waals surface area contributed by atoms with Crippen LogP contribution in [0.25, 0.3) is 0 Å². The standard InChI is InChI=1S/C14H17NO2/c16-13(10-5-7-15-8-6-10)14-12-4-2-1-3-11(12)9-17-14/h1-4,10,14-15H,5-9H2. The molecule has 2 heterocycles. The highest BCUT2D eigenvalue weighted by Crippen LogP contribution is 2.34. The molecule has 1 saturated heterocycles. The van der Waals surface area contributed by atoms with Crippen molar-refractivity contribution in [2.75, 3.05) is 13.1 Å². The van der Waals surface area contributed by atoms with Crippen molar-refractivity contribution in [3.8, 4) is 0 Å². The van der Waals surface area contributed by atoms with Gasteiger partial charge in [-0.15, -0.1) is 0 Å². The van der Waals surface area contributed by atoms with E-state index in [1.54, 1.807) is 0 Å². The SMILES string of the molecule is O=C(C1CCNCC1)C1OCc2ccccc21. The van der Waals surface area contributed by atoms with Gasteiger partial charge in [-0.2, -0.15) is 0 Å². The molecule has 1 N–H and O–H groups in total. The van der Waals surface area contributed by atoms with E-state index in [9.17, 15) is 4.79 Å². The van der Waals surface area contributed by atoms with E-state index >= 15 is 0 Å². The number of ketones is 1. The minimum absolute atomic E-state index is 0.174. The summed E-state index contributed by atoms with van der Waals surface area (Å²) in [6.45, 7) is 2.48. The van der Waals surface area contributed by atoms with Gasteiger partial charge in [0.15, 0.2) is 5.78 Å². The molecule has 1 unspecified atom stereocenters. The molecular weight excluding hydrogens is 214 g/mol. The lowest BCUT2D eigenvalue weighted by molar-refractivity contribution is -0.135. The highest BCUT2D eigenvalue weighted by molar-refractivity contribution is 5.87. The highest BCUT2D eigenvalue weighted by atomic mass is 16.5. The number of ether oxygens (including phenoxy) is 1. The molecule has 0 saturated carbocycles. The number of nitrogens with one attached hydrogen (secondary N) is 1. The van der Waals surface area contributed by atoms with Gasteiger partial charge >= 0.3 is 0 Å². The molecule has 1 fully saturated rings. The van der Waals surface area contributed by atoms with Crippen LogP contribution in [0.1, 0.15) is 30.1 Å². The summed E-state index contributed by atoms with van der Waals surface area (Å²) in [5, 5.41) is 3.29. The molecule has 0 aromatic heterocycles. The van der Waals surface area contributed by atoms with Crippen LogP contribution in [0.15, 0.2) is 24.3 Å². The smallest absolute Gasteiger partial charge is 0.169 e. The largest absolute Gasteiger partial charge is 0.361 e. The van der Waals surface area contributed by atoms with E-state index in [0.717, 1.165) is 31.5 Å². The highest BCUT2D eigenvalue weighted by Gasteiger charge is 2.34. The minimum atomic E-state index is -0.311. The Morgan fingerprint density at radius 3 is 2.82 bits per heavy atom. The van der Waals surface area contributed by atoms with Gasteiger partial charge in [-0.1, -0.05) is 24.3 Å². The van der Waals surface area contributed by atoms with Crippen LogP contribution < -0.4 is 5.32 Å². The van der Waals surface area contributed by atoms with Crippen LogP contribution in [-0.4, -0.2) is 18.9 Å². The van der Waals surface area contributed by atoms with E-state index in [1.165, 1.54) is 5.56 Å². The van der Waals surface area contributed by atoms with Gasteiger partial charge in [0, 0.05) is 5.92 Å². The van der Waals surface area contributed by atoms with Gasteiger partial charge in [-0.3, -0.25) is 4.79 Å². The molecule has 0 bridgehead atoms. The molecule has 0 amide bonds. The molecule has 3 heteroatoms. The number of piperidine rings is 1. The van der Waals surface area contributed by atoms with Crippen LogP contribution in [0.2, 0.25) is 0 Å². The maximum absolute atomic E-state index is 12.4. The summed E-state index contributed by atoms with van der Waals surface area (Å²) in [5.41, 5.74) is 2.25. The molecule has 0 spiro atoms. The number of hydrogen-bond acceptors (Lipinski definition) is 3. The van der Waals surface area contributed by atoms with E-state index in [0.29, 0.717) is 6.61 Å². The summed E-state index contributed by atoms with van der Waals surface area (Å²) in [4.78, 5) is 12.4. The Balaban J connectivity index is 1.79. The fourth-order valence-electron chi connectivity index (χ4n) is 2.74. The Hall–Kier alpha value is -1.19. The minimum Gasteiger partial charge on any atom is -0.361 e. The second-order valence-corrected chi connectivity index (χ2v) is 4.82. The second kappa shape index (κ2) is 4.59. The lowest BCUT2D eigenvalue weighted by Gasteiger charge is -2.24. The van der Waals surface area contributed by atoms with Gasteiger partial charge < -0.3 is 10.1 Å². The molecule has 3 rings (SSSR count). The number of carbonyl (C=O) groups excluding carboxylic acids is 1. The molecule has 1 aromatic rings. The quantitative estimate of drug-likeness (QED) is 0.844. The van der Waals surface area contributed by atoms with Crippen molar-refractivity contribution in [2.24, 2.45) is 5.92 Å². The van der Waals surface area contributed by atoms with E-state index < -0.39 is 0 Å². The van der Waals surface area contributed by atoms with E-state index in [4.69, 9.17) is 4.74 Å². The Bertz CT molecular complexity index is 424. The predicted octanol–water partition coefficient (Wildman–Crippen LogP) is 1.83. The van der Waals surface area contributed by atoms with Gasteiger partial charge in [-0.25, -0.2) is 0 Å². The van der Waals surface area contributed by atoms with Crippen molar-refractivity contribution in [1.82, 2.24) is 5.32 Å². The predicted molar refractivity (Wildman–Crippen MR) is 64.6 cm³/mol. The summed E-state index contributed by atoms with van der Waals surface area (Å²) in [5.74, 6) is 0.448. The maximum atomic E-state index is 12.4. The summed E-state index contributed by atoms with van der Waals surface area (Å²) in [6, 6.07) is 8.05. The number of carbonyl (C=O) groups is 1. The summed E-state index contributed by atoms with van der Waals surface area (Å²) >= 11 is 0. The first kappa shape index (κ1) is 10.9. The maximum Gasteiger partial charge on any atom is 0.169 e. The molecule has 90 valence electrons. The van der Waals surface area contributed by atoms with E-state index in [2.05, 4.69) is 5.32 Å². The first-order valence-corrected chi connectivity index (χ1v) is 6.30. The zero-order valence-corrected chi connectivity index (χ0v) is 9.82. The van der Waals surface area contributed by atoms with Crippen LogP contribution in [0, 0.1) is 5.92 Å². The van der Waals surface area contributed by atoms with E-state index in [-0.39, 0.29) is 17.8 Å². The topological polar surface area (TPSA) is 38.3 Å². The monoisotopic (exact) mass is 231 g/mol. The fraction of sp³-hybridized carbons (Fsp3) is 0.500. The average molecular weight is 231 g/mol. The zero-order valence-electron chi connectivity index (χ0n) is 9.82. The number of fused-ring (bicyclic) bond motifs is 1. The van der Waals surface area contributed by atoms with Crippen LogP contribution in [0.4, 0.5) is 0 Å². The molecule has 1 atom stereocenters. The average Bonchev–Trinajstić information content (AvgIpc) is 2.83. The van der Waals surface area contributed by atoms with Crippen LogP contribution in [0.3, 0.4) is 0 Å². The van der Waals surface area contributed by atoms with Crippen molar-refractivity contribution in [3.63, 3.8) is 0 Å². The molecule has 0 radical (unpaired) electrons. The molecule has 17 heavy (non-hydrogen) atoms. The lowest BCUT2D eigenvalue weighted by atomic mass is 9.88. The van der Waals surface area contributed by atoms with Gasteiger partial charge in [0.05, 0.1) is 6.61 Å². The Morgan fingerprint density at radius 1 is 1.24 bits per heavy atom. The molecule has 1 aromatic carbocycles. The molecule has 2 aliphatic heterocycles. The van der Waals surface area contributed by atoms with Crippen molar-refractivity contribution < 1.29 is 9.53 Å². The van der Waals surface area contributed by atoms with Crippen LogP contribution >= 0.6 is 0 Å². The Kier molecular flexibility index (Phi) is 2.95. The number of hydrogen-bond donors (Lipinski definition) is 1.